The van der Waals surface area contributed by atoms with Crippen molar-refractivity contribution in [2.75, 3.05) is 38.0 Å². The topological polar surface area (TPSA) is 74.8 Å². The van der Waals surface area contributed by atoms with Gasteiger partial charge in [0.05, 0.1) is 10.5 Å². The number of benzene rings is 5. The van der Waals surface area contributed by atoms with Gasteiger partial charge in [0.15, 0.2) is 0 Å². The normalized spacial score (nSPS) is 13.0. The van der Waals surface area contributed by atoms with Crippen LogP contribution in [0.3, 0.4) is 0 Å². The van der Waals surface area contributed by atoms with Gasteiger partial charge >= 0.3 is 0 Å². The van der Waals surface area contributed by atoms with E-state index in [0.29, 0.717) is 0 Å². The first-order chi connectivity index (χ1) is 22.1. The Morgan fingerprint density at radius 1 is 0.565 bits per heavy atom. The van der Waals surface area contributed by atoms with E-state index < -0.39 is 10.1 Å². The Morgan fingerprint density at radius 2 is 1.02 bits per heavy atom. The first-order valence-corrected chi connectivity index (χ1v) is 16.3. The van der Waals surface area contributed by atoms with Crippen molar-refractivity contribution in [3.8, 4) is 0 Å². The van der Waals surface area contributed by atoms with E-state index in [1.54, 1.807) is 18.2 Å². The van der Waals surface area contributed by atoms with Gasteiger partial charge in [-0.3, -0.25) is 4.55 Å². The van der Waals surface area contributed by atoms with Crippen LogP contribution in [0.15, 0.2) is 151 Å². The molecule has 232 valence electrons. The summed E-state index contributed by atoms with van der Waals surface area (Å²) in [5.74, 6) is 0. The van der Waals surface area contributed by atoms with Crippen LogP contribution in [0.4, 0.5) is 17.1 Å². The van der Waals surface area contributed by atoms with Crippen LogP contribution >= 0.6 is 0 Å². The fourth-order valence-electron chi connectivity index (χ4n) is 5.23. The number of anilines is 2. The van der Waals surface area contributed by atoms with Crippen LogP contribution in [0.1, 0.15) is 22.3 Å². The molecule has 0 saturated heterocycles. The van der Waals surface area contributed by atoms with Crippen LogP contribution in [0.5, 0.6) is 0 Å². The number of fused-ring (bicyclic) bond motifs is 1. The predicted molar refractivity (Wildman–Crippen MR) is 190 cm³/mol. The largest absolute Gasteiger partial charge is 0.378 e. The summed E-state index contributed by atoms with van der Waals surface area (Å²) in [6.45, 7) is 0. The van der Waals surface area contributed by atoms with Crippen molar-refractivity contribution in [2.45, 2.75) is 4.90 Å². The highest BCUT2D eigenvalue weighted by Crippen LogP contribution is 2.37. The third kappa shape index (κ3) is 7.69. The molecule has 1 aliphatic carbocycles. The van der Waals surface area contributed by atoms with Crippen molar-refractivity contribution in [3.63, 3.8) is 0 Å². The zero-order valence-electron chi connectivity index (χ0n) is 26.4. The molecule has 0 radical (unpaired) electrons. The molecule has 0 fully saturated rings. The average molecular weight is 629 g/mol. The SMILES string of the molecule is CN(C)c1ccc(C(=C2C=CC(=[NH+]c3ccccc3)c3ccccc32)c2ccc(N(C)C)cc2)cc1.O=S(=O)(O)c1ccccc1. The predicted octanol–water partition coefficient (Wildman–Crippen LogP) is 6.48. The number of para-hydroxylation sites is 1. The molecule has 0 spiro atoms. The van der Waals surface area contributed by atoms with Crippen molar-refractivity contribution < 1.29 is 18.0 Å². The summed E-state index contributed by atoms with van der Waals surface area (Å²) in [7, 11) is 4.30. The maximum Gasteiger partial charge on any atom is 0.294 e. The van der Waals surface area contributed by atoms with Gasteiger partial charge in [0.25, 0.3) is 10.1 Å². The van der Waals surface area contributed by atoms with Gasteiger partial charge in [-0.05, 0) is 76.4 Å². The van der Waals surface area contributed by atoms with Crippen LogP contribution in [0.2, 0.25) is 0 Å². The number of nitrogens with one attached hydrogen (secondary N) is 1. The van der Waals surface area contributed by atoms with E-state index in [2.05, 4.69) is 152 Å². The highest BCUT2D eigenvalue weighted by atomic mass is 32.2. The first-order valence-electron chi connectivity index (χ1n) is 14.9. The van der Waals surface area contributed by atoms with E-state index in [1.807, 2.05) is 6.07 Å². The van der Waals surface area contributed by atoms with Gasteiger partial charge in [0, 0.05) is 57.8 Å². The fourth-order valence-corrected chi connectivity index (χ4v) is 5.73. The lowest BCUT2D eigenvalue weighted by molar-refractivity contribution is -0.351. The maximum absolute atomic E-state index is 10.4. The summed E-state index contributed by atoms with van der Waals surface area (Å²) in [6, 6.07) is 44.1. The Bertz CT molecular complexity index is 1930. The fraction of sp³-hybridized carbons (Fsp3) is 0.103. The molecule has 0 saturated carbocycles. The summed E-state index contributed by atoms with van der Waals surface area (Å²) < 4.78 is 29.2. The number of allylic oxidation sites excluding steroid dienone is 3. The van der Waals surface area contributed by atoms with Crippen molar-refractivity contribution in [1.29, 1.82) is 0 Å². The number of nitrogens with zero attached hydrogens (tertiary/aromatic N) is 2. The van der Waals surface area contributed by atoms with Gasteiger partial charge in [-0.25, -0.2) is 4.99 Å². The van der Waals surface area contributed by atoms with Crippen LogP contribution in [-0.4, -0.2) is 46.9 Å². The minimum atomic E-state index is -4.00. The molecule has 6 rings (SSSR count). The molecule has 0 atom stereocenters. The van der Waals surface area contributed by atoms with Crippen LogP contribution < -0.4 is 14.8 Å². The minimum Gasteiger partial charge on any atom is -0.378 e. The summed E-state index contributed by atoms with van der Waals surface area (Å²) >= 11 is 0. The first kappa shape index (κ1) is 32.2. The van der Waals surface area contributed by atoms with Crippen LogP contribution in [0.25, 0.3) is 11.1 Å². The molecule has 0 aliphatic heterocycles. The minimum absolute atomic E-state index is 0.0741. The lowest BCUT2D eigenvalue weighted by atomic mass is 9.83. The average Bonchev–Trinajstić information content (AvgIpc) is 3.07. The Hall–Kier alpha value is -5.24. The second-order valence-electron chi connectivity index (χ2n) is 11.2. The second kappa shape index (κ2) is 14.2. The maximum atomic E-state index is 10.4. The van der Waals surface area contributed by atoms with Crippen molar-refractivity contribution in [2.24, 2.45) is 0 Å². The highest BCUT2D eigenvalue weighted by Gasteiger charge is 2.23. The molecule has 46 heavy (non-hydrogen) atoms. The van der Waals surface area contributed by atoms with Crippen LogP contribution in [0, 0.1) is 0 Å². The Balaban J connectivity index is 0.000000356. The van der Waals surface area contributed by atoms with Gasteiger partial charge in [-0.2, -0.15) is 8.42 Å². The molecule has 1 aliphatic rings. The molecule has 0 heterocycles. The van der Waals surface area contributed by atoms with Gasteiger partial charge in [0.1, 0.15) is 0 Å². The van der Waals surface area contributed by atoms with Crippen molar-refractivity contribution in [1.82, 2.24) is 0 Å². The van der Waals surface area contributed by atoms with E-state index in [4.69, 9.17) is 4.55 Å². The van der Waals surface area contributed by atoms with Gasteiger partial charge < -0.3 is 9.80 Å². The standard InChI is InChI=1S/C33H31N3.C6H6O3S/c1-35(2)27-18-14-24(15-19-27)33(25-16-20-28(21-17-25)36(3)4)31-22-23-32(30-13-9-8-12-29(30)31)34-26-10-6-5-7-11-26;7-10(8,9)6-4-2-1-3-5-6/h5-23H,1-4H3;1-5H,(H,7,8,9)/p+1. The molecule has 0 bridgehead atoms. The van der Waals surface area contributed by atoms with E-state index in [1.165, 1.54) is 56.9 Å². The lowest BCUT2D eigenvalue weighted by Crippen LogP contribution is -2.66. The molecule has 0 aromatic heterocycles. The van der Waals surface area contributed by atoms with E-state index in [0.717, 1.165) is 11.4 Å². The smallest absolute Gasteiger partial charge is 0.294 e. The molecule has 5 aromatic rings. The van der Waals surface area contributed by atoms with E-state index in [-0.39, 0.29) is 4.90 Å². The summed E-state index contributed by atoms with van der Waals surface area (Å²) in [5.41, 5.74) is 11.8. The Kier molecular flexibility index (Phi) is 9.96. The molecule has 7 heteroatoms. The van der Waals surface area contributed by atoms with Crippen molar-refractivity contribution >= 4 is 44.0 Å². The molecule has 0 unspecified atom stereocenters. The van der Waals surface area contributed by atoms with E-state index >= 15 is 0 Å². The molecule has 0 amide bonds. The molecular formula is C39H38N3O3S+. The third-order valence-electron chi connectivity index (χ3n) is 7.63. The number of hydrogen-bond acceptors (Lipinski definition) is 4. The number of hydrogen-bond donors (Lipinski definition) is 2. The van der Waals surface area contributed by atoms with E-state index in [9.17, 15) is 8.42 Å². The highest BCUT2D eigenvalue weighted by molar-refractivity contribution is 7.85. The summed E-state index contributed by atoms with van der Waals surface area (Å²) in [5, 5.41) is 0. The van der Waals surface area contributed by atoms with Gasteiger partial charge in [0.2, 0.25) is 11.4 Å². The zero-order valence-corrected chi connectivity index (χ0v) is 27.2. The van der Waals surface area contributed by atoms with Gasteiger partial charge in [-0.15, -0.1) is 0 Å². The molecule has 2 N–H and O–H groups in total. The third-order valence-corrected chi connectivity index (χ3v) is 8.50. The second-order valence-corrected chi connectivity index (χ2v) is 12.7. The zero-order chi connectivity index (χ0) is 32.7. The summed E-state index contributed by atoms with van der Waals surface area (Å²) in [4.78, 5) is 7.81. The quantitative estimate of drug-likeness (QED) is 0.211. The monoisotopic (exact) mass is 628 g/mol. The van der Waals surface area contributed by atoms with Gasteiger partial charge in [-0.1, -0.05) is 78.9 Å². The number of rotatable bonds is 6. The van der Waals surface area contributed by atoms with Crippen molar-refractivity contribution in [3.05, 3.63) is 168 Å². The molecule has 6 nitrogen and oxygen atoms in total. The molecule has 5 aromatic carbocycles. The lowest BCUT2D eigenvalue weighted by Gasteiger charge is -2.21. The van der Waals surface area contributed by atoms with Crippen LogP contribution in [-0.2, 0) is 10.1 Å². The molecular weight excluding hydrogens is 591 g/mol. The Labute approximate surface area is 272 Å². The summed E-state index contributed by atoms with van der Waals surface area (Å²) in [6.07, 6.45) is 4.45. The Morgan fingerprint density at radius 3 is 1.48 bits per heavy atom.